The molecule has 0 aliphatic heterocycles. The maximum absolute atomic E-state index is 9.40. The van der Waals surface area contributed by atoms with Gasteiger partial charge in [0.05, 0.1) is 20.6 Å². The van der Waals surface area contributed by atoms with Crippen LogP contribution in [-0.2, 0) is 0 Å². The topological polar surface area (TPSA) is 13.1 Å². The van der Waals surface area contributed by atoms with E-state index < -0.39 is 107 Å². The van der Waals surface area contributed by atoms with Crippen LogP contribution in [0.1, 0.15) is 20.6 Å². The minimum Gasteiger partial charge on any atom is -0.456 e. The molecule has 0 N–H and O–H groups in total. The van der Waals surface area contributed by atoms with Crippen LogP contribution in [-0.4, -0.2) is 0 Å². The van der Waals surface area contributed by atoms with Crippen molar-refractivity contribution in [1.82, 2.24) is 0 Å². The molecule has 1 heterocycles. The fraction of sp³-hybridized carbons (Fsp3) is 0. The number of hydrogen-bond acceptors (Lipinski definition) is 1. The maximum atomic E-state index is 9.40. The summed E-state index contributed by atoms with van der Waals surface area (Å²) in [7, 11) is 0. The minimum absolute atomic E-state index is 0.0382. The molecular weight excluding hydrogens is 520 g/mol. The summed E-state index contributed by atoms with van der Waals surface area (Å²) in [5.74, 6) is 0. The molecule has 0 unspecified atom stereocenters. The zero-order valence-electron chi connectivity index (χ0n) is 37.3. The smallest absolute Gasteiger partial charge is 0.135 e. The summed E-state index contributed by atoms with van der Waals surface area (Å²) in [6, 6.07) is 10.3. The van der Waals surface area contributed by atoms with E-state index in [1.807, 2.05) is 48.5 Å². The average Bonchev–Trinajstić information content (AvgIpc) is 3.60. The van der Waals surface area contributed by atoms with Gasteiger partial charge in [0.2, 0.25) is 0 Å². The predicted molar refractivity (Wildman–Crippen MR) is 183 cm³/mol. The van der Waals surface area contributed by atoms with Gasteiger partial charge in [-0.05, 0) is 96.0 Å². The Labute approximate surface area is 270 Å². The predicted octanol–water partition coefficient (Wildman–Crippen LogP) is 12.0. The first-order valence-electron chi connectivity index (χ1n) is 21.0. The quantitative estimate of drug-likeness (QED) is 0.196. The van der Waals surface area contributed by atoms with Crippen LogP contribution in [0.5, 0.6) is 0 Å². The van der Waals surface area contributed by atoms with Gasteiger partial charge in [0, 0.05) is 10.8 Å². The van der Waals surface area contributed by atoms with Crippen molar-refractivity contribution in [2.75, 3.05) is 0 Å². The summed E-state index contributed by atoms with van der Waals surface area (Å²) in [5.41, 5.74) is 2.32. The highest BCUT2D eigenvalue weighted by Gasteiger charge is 2.17. The third-order valence-electron chi connectivity index (χ3n) is 7.74. The van der Waals surface area contributed by atoms with Crippen molar-refractivity contribution in [1.29, 1.82) is 0 Å². The number of rotatable bonds is 3. The highest BCUT2D eigenvalue weighted by Crippen LogP contribution is 2.44. The molecule has 200 valence electrons. The van der Waals surface area contributed by atoms with Crippen LogP contribution < -0.4 is 0 Å². The SMILES string of the molecule is [2H]c1c([2H])c([2H])c2c([2H])c(-c3c4c([2H])c([2H])c([2H])c([2H])c4c(-c4cccc(-c5ccc6oc7ccccc7c6c5)c4)c4c([2H])c([2H])c([2H])c([2H])c34)c([2H])c([2H])c2c1[2H]. The molecule has 0 aliphatic rings. The molecule has 0 atom stereocenters. The van der Waals surface area contributed by atoms with E-state index in [4.69, 9.17) is 16.8 Å². The summed E-state index contributed by atoms with van der Waals surface area (Å²) >= 11 is 0. The highest BCUT2D eigenvalue weighted by molar-refractivity contribution is 6.22. The van der Waals surface area contributed by atoms with Crippen LogP contribution in [0.15, 0.2) is 162 Å². The lowest BCUT2D eigenvalue weighted by molar-refractivity contribution is 0.669. The van der Waals surface area contributed by atoms with E-state index in [0.29, 0.717) is 22.3 Å². The molecule has 8 aromatic carbocycles. The molecular formula is C42H26O. The molecule has 1 nitrogen and oxygen atoms in total. The van der Waals surface area contributed by atoms with Gasteiger partial charge in [-0.25, -0.2) is 0 Å². The van der Waals surface area contributed by atoms with Gasteiger partial charge in [0.1, 0.15) is 11.2 Å². The van der Waals surface area contributed by atoms with Crippen molar-refractivity contribution in [3.63, 3.8) is 0 Å². The van der Waals surface area contributed by atoms with Crippen LogP contribution in [0.25, 0.3) is 87.6 Å². The van der Waals surface area contributed by atoms with Gasteiger partial charge in [-0.2, -0.15) is 0 Å². The zero-order valence-corrected chi connectivity index (χ0v) is 22.3. The van der Waals surface area contributed by atoms with Crippen molar-refractivity contribution in [3.05, 3.63) is 157 Å². The van der Waals surface area contributed by atoms with E-state index in [-0.39, 0.29) is 32.7 Å². The fourth-order valence-corrected chi connectivity index (χ4v) is 5.83. The molecule has 9 rings (SSSR count). The molecule has 43 heavy (non-hydrogen) atoms. The summed E-state index contributed by atoms with van der Waals surface area (Å²) in [4.78, 5) is 0. The van der Waals surface area contributed by atoms with Gasteiger partial charge < -0.3 is 4.42 Å². The molecule has 0 bridgehead atoms. The largest absolute Gasteiger partial charge is 0.456 e. The third kappa shape index (κ3) is 3.79. The van der Waals surface area contributed by atoms with E-state index in [9.17, 15) is 8.22 Å². The van der Waals surface area contributed by atoms with Crippen LogP contribution in [0.2, 0.25) is 0 Å². The van der Waals surface area contributed by atoms with E-state index in [2.05, 4.69) is 0 Å². The zero-order chi connectivity index (χ0) is 41.4. The molecule has 0 saturated carbocycles. The lowest BCUT2D eigenvalue weighted by atomic mass is 9.85. The number of para-hydroxylation sites is 1. The number of furan rings is 1. The Morgan fingerprint density at radius 1 is 0.395 bits per heavy atom. The monoisotopic (exact) mass is 561 g/mol. The fourth-order valence-electron chi connectivity index (χ4n) is 5.83. The molecule has 0 fully saturated rings. The summed E-state index contributed by atoms with van der Waals surface area (Å²) in [5, 5.41) is -0.0132. The molecule has 0 amide bonds. The van der Waals surface area contributed by atoms with Crippen LogP contribution >= 0.6 is 0 Å². The third-order valence-corrected chi connectivity index (χ3v) is 7.74. The second-order valence-electron chi connectivity index (χ2n) is 10.1. The van der Waals surface area contributed by atoms with Gasteiger partial charge in [0.25, 0.3) is 0 Å². The molecule has 9 aromatic rings. The van der Waals surface area contributed by atoms with Crippen LogP contribution in [0.3, 0.4) is 0 Å². The number of benzene rings is 8. The lowest BCUT2D eigenvalue weighted by Crippen LogP contribution is -1.91. The Hall–Kier alpha value is -5.66. The molecule has 1 aromatic heterocycles. The lowest BCUT2D eigenvalue weighted by Gasteiger charge is -2.18. The average molecular weight is 562 g/mol. The second-order valence-corrected chi connectivity index (χ2v) is 10.1. The standard InChI is InChI=1S/C42H26O/c1-2-11-28-24-32(21-20-27(28)10-1)42-36-17-5-3-15-34(36)41(35-16-4-6-18-37(35)42)31-13-9-12-29(25-31)30-22-23-40-38(26-30)33-14-7-8-19-39(33)43-40/h1-26H/i1D,2D,3D,4D,5D,6D,10D,11D,15D,16D,17D,18D,20D,21D,24D. The van der Waals surface area contributed by atoms with Crippen molar-refractivity contribution < 1.29 is 25.0 Å². The molecule has 0 spiro atoms. The Kier molecular flexibility index (Phi) is 2.97. The first kappa shape index (κ1) is 13.5. The minimum atomic E-state index is -0.734. The van der Waals surface area contributed by atoms with Gasteiger partial charge in [-0.1, -0.05) is 127 Å². The summed E-state index contributed by atoms with van der Waals surface area (Å²) in [6.45, 7) is 0. The Bertz CT molecular complexity index is 3270. The van der Waals surface area contributed by atoms with E-state index in [0.717, 1.165) is 16.3 Å². The Balaban J connectivity index is 1.49. The van der Waals surface area contributed by atoms with Crippen LogP contribution in [0, 0.1) is 0 Å². The Morgan fingerprint density at radius 2 is 1.00 bits per heavy atom. The summed E-state index contributed by atoms with van der Waals surface area (Å²) < 4.78 is 140. The van der Waals surface area contributed by atoms with Crippen molar-refractivity contribution in [3.8, 4) is 33.4 Å². The van der Waals surface area contributed by atoms with E-state index in [1.165, 1.54) is 0 Å². The van der Waals surface area contributed by atoms with E-state index in [1.54, 1.807) is 18.2 Å². The first-order chi connectivity index (χ1) is 27.6. The number of fused-ring (bicyclic) bond motifs is 6. The van der Waals surface area contributed by atoms with Crippen LogP contribution in [0.4, 0.5) is 0 Å². The van der Waals surface area contributed by atoms with Gasteiger partial charge in [0.15, 0.2) is 0 Å². The highest BCUT2D eigenvalue weighted by atomic mass is 16.3. The normalized spacial score (nSPS) is 16.6. The maximum Gasteiger partial charge on any atom is 0.135 e. The van der Waals surface area contributed by atoms with Gasteiger partial charge in [-0.3, -0.25) is 0 Å². The van der Waals surface area contributed by atoms with Crippen molar-refractivity contribution >= 4 is 54.3 Å². The second kappa shape index (κ2) is 9.44. The van der Waals surface area contributed by atoms with Gasteiger partial charge >= 0.3 is 0 Å². The Morgan fingerprint density at radius 3 is 1.77 bits per heavy atom. The summed E-state index contributed by atoms with van der Waals surface area (Å²) in [6.07, 6.45) is 0. The van der Waals surface area contributed by atoms with Crippen molar-refractivity contribution in [2.45, 2.75) is 0 Å². The molecule has 0 radical (unpaired) electrons. The van der Waals surface area contributed by atoms with Crippen molar-refractivity contribution in [2.24, 2.45) is 0 Å². The molecule has 1 heteroatoms. The first-order valence-corrected chi connectivity index (χ1v) is 13.5. The van der Waals surface area contributed by atoms with Gasteiger partial charge in [-0.15, -0.1) is 0 Å². The number of hydrogen-bond donors (Lipinski definition) is 0. The van der Waals surface area contributed by atoms with E-state index >= 15 is 0 Å². The molecule has 0 aliphatic carbocycles. The molecule has 0 saturated heterocycles.